The molecule has 0 aliphatic heterocycles. The highest BCUT2D eigenvalue weighted by Gasteiger charge is 2.08. The third-order valence-electron chi connectivity index (χ3n) is 1.36. The summed E-state index contributed by atoms with van der Waals surface area (Å²) in [6, 6.07) is 3.62. The fraction of sp³-hybridized carbons (Fsp3) is 0. The van der Waals surface area contributed by atoms with Crippen LogP contribution in [0, 0.1) is 10.1 Å². The van der Waals surface area contributed by atoms with Crippen LogP contribution in [-0.4, -0.2) is 11.2 Å². The first-order chi connectivity index (χ1) is 5.65. The maximum Gasteiger partial charge on any atom is 0.270 e. The number of rotatable bonds is 2. The average molecular weight is 165 g/mol. The summed E-state index contributed by atoms with van der Waals surface area (Å²) in [7, 11) is 0. The van der Waals surface area contributed by atoms with Crippen molar-refractivity contribution in [2.75, 3.05) is 5.73 Å². The second-order valence-electron chi connectivity index (χ2n) is 2.13. The molecule has 0 aromatic heterocycles. The highest BCUT2D eigenvalue weighted by molar-refractivity contribution is 5.84. The normalized spacial score (nSPS) is 9.33. The van der Waals surface area contributed by atoms with E-state index in [4.69, 9.17) is 5.73 Å². The Bertz CT molecular complexity index is 335. The molecule has 1 aromatic carbocycles. The van der Waals surface area contributed by atoms with Gasteiger partial charge in [-0.25, -0.2) is 0 Å². The molecule has 2 N–H and O–H groups in total. The van der Waals surface area contributed by atoms with E-state index in [9.17, 15) is 14.9 Å². The Kier molecular flexibility index (Phi) is 2.05. The van der Waals surface area contributed by atoms with Crippen LogP contribution in [0.2, 0.25) is 0 Å². The Balaban J connectivity index is 3.22. The molecule has 0 aliphatic rings. The molecule has 0 bridgehead atoms. The molecule has 12 heavy (non-hydrogen) atoms. The fourth-order valence-corrected chi connectivity index (χ4v) is 0.746. The van der Waals surface area contributed by atoms with Crippen molar-refractivity contribution >= 4 is 17.7 Å². The topological polar surface area (TPSA) is 86.2 Å². The highest BCUT2D eigenvalue weighted by Crippen LogP contribution is 2.17. The maximum absolute atomic E-state index is 10.2. The minimum atomic E-state index is -0.597. The first-order valence-electron chi connectivity index (χ1n) is 3.07. The third kappa shape index (κ3) is 1.39. The van der Waals surface area contributed by atoms with E-state index >= 15 is 0 Å². The van der Waals surface area contributed by atoms with Crippen molar-refractivity contribution in [1.82, 2.24) is 0 Å². The Morgan fingerprint density at radius 2 is 2.17 bits per heavy atom. The van der Waals surface area contributed by atoms with Gasteiger partial charge in [0.1, 0.15) is 0 Å². The van der Waals surface area contributed by atoms with Crippen LogP contribution in [0.25, 0.3) is 0 Å². The van der Waals surface area contributed by atoms with Crippen LogP contribution in [0.1, 0.15) is 5.56 Å². The molecule has 0 aliphatic carbocycles. The van der Waals surface area contributed by atoms with Crippen molar-refractivity contribution < 1.29 is 9.72 Å². The molecular weight excluding hydrogens is 160 g/mol. The fourth-order valence-electron chi connectivity index (χ4n) is 0.746. The summed E-state index contributed by atoms with van der Waals surface area (Å²) in [4.78, 5) is 19.8. The van der Waals surface area contributed by atoms with E-state index in [0.717, 1.165) is 6.07 Å². The monoisotopic (exact) mass is 165 g/mol. The summed E-state index contributed by atoms with van der Waals surface area (Å²) in [5.74, 6) is 0. The number of nitrogens with two attached hydrogens (primary N) is 1. The maximum atomic E-state index is 10.2. The molecule has 0 unspecified atom stereocenters. The average Bonchev–Trinajstić information content (AvgIpc) is 2.05. The predicted octanol–water partition coefficient (Wildman–Crippen LogP) is 0.635. The molecule has 1 aromatic rings. The van der Waals surface area contributed by atoms with E-state index in [-0.39, 0.29) is 16.9 Å². The minimum Gasteiger partial charge on any atom is -0.398 e. The number of non-ortho nitro benzene ring substituents is 1. The molecule has 0 saturated carbocycles. The smallest absolute Gasteiger partial charge is 0.270 e. The summed E-state index contributed by atoms with van der Waals surface area (Å²) < 4.78 is 0. The van der Waals surface area contributed by atoms with Gasteiger partial charge in [-0.3, -0.25) is 14.9 Å². The Labute approximate surface area is 68.0 Å². The van der Waals surface area contributed by atoms with E-state index in [0.29, 0.717) is 0 Å². The van der Waals surface area contributed by atoms with Gasteiger partial charge < -0.3 is 5.73 Å². The Hall–Kier alpha value is -1.91. The van der Waals surface area contributed by atoms with Gasteiger partial charge in [0, 0.05) is 17.8 Å². The van der Waals surface area contributed by atoms with Crippen molar-refractivity contribution in [2.24, 2.45) is 0 Å². The number of carbonyl (C=O) groups excluding carboxylic acids is 1. The van der Waals surface area contributed by atoms with Crippen molar-refractivity contribution in [1.29, 1.82) is 0 Å². The van der Waals surface area contributed by atoms with Crippen LogP contribution in [0.15, 0.2) is 18.2 Å². The molecular formula is C7H5N2O3. The summed E-state index contributed by atoms with van der Waals surface area (Å²) in [6.07, 6.45) is 1.51. The van der Waals surface area contributed by atoms with Gasteiger partial charge in [-0.15, -0.1) is 0 Å². The number of nitrogens with zero attached hydrogens (tertiary/aromatic N) is 1. The lowest BCUT2D eigenvalue weighted by atomic mass is 10.2. The largest absolute Gasteiger partial charge is 0.398 e. The van der Waals surface area contributed by atoms with Crippen molar-refractivity contribution in [3.63, 3.8) is 0 Å². The molecule has 0 saturated heterocycles. The minimum absolute atomic E-state index is 0.0178. The first-order valence-corrected chi connectivity index (χ1v) is 3.07. The number of hydrogen-bond acceptors (Lipinski definition) is 4. The Morgan fingerprint density at radius 1 is 1.50 bits per heavy atom. The summed E-state index contributed by atoms with van der Waals surface area (Å²) in [6.45, 7) is 0. The zero-order valence-electron chi connectivity index (χ0n) is 5.98. The highest BCUT2D eigenvalue weighted by atomic mass is 16.6. The van der Waals surface area contributed by atoms with Gasteiger partial charge in [0.2, 0.25) is 6.29 Å². The van der Waals surface area contributed by atoms with Gasteiger partial charge in [-0.2, -0.15) is 0 Å². The van der Waals surface area contributed by atoms with E-state index in [1.807, 2.05) is 0 Å². The number of nitro benzene ring substituents is 1. The van der Waals surface area contributed by atoms with E-state index in [2.05, 4.69) is 0 Å². The summed E-state index contributed by atoms with van der Waals surface area (Å²) in [5, 5.41) is 10.2. The van der Waals surface area contributed by atoms with Gasteiger partial charge in [0.25, 0.3) is 5.69 Å². The van der Waals surface area contributed by atoms with Gasteiger partial charge in [0.05, 0.1) is 10.5 Å². The van der Waals surface area contributed by atoms with Gasteiger partial charge >= 0.3 is 0 Å². The van der Waals surface area contributed by atoms with Crippen LogP contribution in [0.3, 0.4) is 0 Å². The quantitative estimate of drug-likeness (QED) is 0.395. The SMILES string of the molecule is Nc1ccc([N+](=O)[O-])cc1[C]=O. The number of nitrogen functional groups attached to an aromatic ring is 1. The zero-order valence-corrected chi connectivity index (χ0v) is 5.98. The van der Waals surface area contributed by atoms with Crippen molar-refractivity contribution in [2.45, 2.75) is 0 Å². The molecule has 0 fully saturated rings. The summed E-state index contributed by atoms with van der Waals surface area (Å²) in [5.41, 5.74) is 5.36. The van der Waals surface area contributed by atoms with Crippen LogP contribution in [-0.2, 0) is 4.79 Å². The molecule has 0 atom stereocenters. The Morgan fingerprint density at radius 3 is 2.67 bits per heavy atom. The zero-order chi connectivity index (χ0) is 9.14. The molecule has 0 amide bonds. The third-order valence-corrected chi connectivity index (χ3v) is 1.36. The first kappa shape index (κ1) is 8.19. The molecule has 1 rings (SSSR count). The van der Waals surface area contributed by atoms with Gasteiger partial charge in [0.15, 0.2) is 0 Å². The standard InChI is InChI=1S/C7H5N2O3/c8-7-2-1-6(9(11)12)3-5(7)4-10/h1-3H,8H2. The molecule has 5 heteroatoms. The van der Waals surface area contributed by atoms with E-state index in [1.165, 1.54) is 18.4 Å². The lowest BCUT2D eigenvalue weighted by Gasteiger charge is -1.95. The lowest BCUT2D eigenvalue weighted by molar-refractivity contribution is -0.384. The number of nitro groups is 1. The van der Waals surface area contributed by atoms with Gasteiger partial charge in [-0.1, -0.05) is 0 Å². The number of benzene rings is 1. The second kappa shape index (κ2) is 3.00. The second-order valence-corrected chi connectivity index (χ2v) is 2.13. The van der Waals surface area contributed by atoms with Crippen LogP contribution >= 0.6 is 0 Å². The van der Waals surface area contributed by atoms with Gasteiger partial charge in [-0.05, 0) is 6.07 Å². The van der Waals surface area contributed by atoms with Crippen LogP contribution < -0.4 is 5.73 Å². The van der Waals surface area contributed by atoms with Crippen molar-refractivity contribution in [3.05, 3.63) is 33.9 Å². The van der Waals surface area contributed by atoms with Crippen LogP contribution in [0.5, 0.6) is 0 Å². The molecule has 1 radical (unpaired) electrons. The predicted molar refractivity (Wildman–Crippen MR) is 42.3 cm³/mol. The molecule has 0 heterocycles. The molecule has 61 valence electrons. The lowest BCUT2D eigenvalue weighted by Crippen LogP contribution is -1.95. The van der Waals surface area contributed by atoms with Crippen molar-refractivity contribution in [3.8, 4) is 0 Å². The van der Waals surface area contributed by atoms with Crippen LogP contribution in [0.4, 0.5) is 11.4 Å². The van der Waals surface area contributed by atoms with E-state index in [1.54, 1.807) is 0 Å². The number of hydrogen-bond donors (Lipinski definition) is 1. The molecule has 0 spiro atoms. The van der Waals surface area contributed by atoms with E-state index < -0.39 is 4.92 Å². The molecule has 5 nitrogen and oxygen atoms in total. The summed E-state index contributed by atoms with van der Waals surface area (Å²) >= 11 is 0. The number of anilines is 1.